The normalized spacial score (nSPS) is 27.5. The summed E-state index contributed by atoms with van der Waals surface area (Å²) in [6.45, 7) is 2.89. The van der Waals surface area contributed by atoms with Crippen molar-refractivity contribution in [2.75, 3.05) is 20.3 Å². The van der Waals surface area contributed by atoms with Gasteiger partial charge >= 0.3 is 13.9 Å². The maximum Gasteiger partial charge on any atom is 0.695 e. The van der Waals surface area contributed by atoms with E-state index < -0.39 is 56.8 Å². The molecule has 0 saturated carbocycles. The van der Waals surface area contributed by atoms with E-state index in [9.17, 15) is 19.3 Å². The molecule has 1 aromatic rings. The van der Waals surface area contributed by atoms with Crippen molar-refractivity contribution in [3.8, 4) is 0 Å². The fourth-order valence-electron chi connectivity index (χ4n) is 2.77. The molecule has 12 heteroatoms. The van der Waals surface area contributed by atoms with E-state index in [0.29, 0.717) is 0 Å². The highest BCUT2D eigenvalue weighted by molar-refractivity contribution is 7.32. The number of nitrogens with zero attached hydrogens (tertiary/aromatic N) is 1. The third-order valence-corrected chi connectivity index (χ3v) is 4.31. The first-order valence-electron chi connectivity index (χ1n) is 7.84. The highest BCUT2D eigenvalue weighted by Gasteiger charge is 2.52. The Hall–Kier alpha value is -1.46. The number of aliphatic hydroxyl groups excluding tert-OH is 1. The lowest BCUT2D eigenvalue weighted by Gasteiger charge is -2.25. The minimum absolute atomic E-state index is 0.213. The van der Waals surface area contributed by atoms with Crippen molar-refractivity contribution in [3.05, 3.63) is 32.6 Å². The average Bonchev–Trinajstić information content (AvgIpc) is 2.88. The first-order chi connectivity index (χ1) is 12.3. The van der Waals surface area contributed by atoms with E-state index in [1.807, 2.05) is 0 Å². The van der Waals surface area contributed by atoms with Crippen molar-refractivity contribution >= 4 is 8.25 Å². The molecule has 11 nitrogen and oxygen atoms in total. The molecule has 1 saturated heterocycles. The first-order valence-corrected chi connectivity index (χ1v) is 8.97. The van der Waals surface area contributed by atoms with Gasteiger partial charge < -0.3 is 19.3 Å². The molecule has 0 aromatic carbocycles. The smallest absolute Gasteiger partial charge is 0.394 e. The summed E-state index contributed by atoms with van der Waals surface area (Å²) in [6, 6.07) is 0. The molecule has 0 spiro atoms. The van der Waals surface area contributed by atoms with Crippen LogP contribution in [0, 0.1) is 6.92 Å². The molecule has 146 valence electrons. The lowest BCUT2D eigenvalue weighted by atomic mass is 10.1. The highest BCUT2D eigenvalue weighted by atomic mass is 31.1. The monoisotopic (exact) mass is 393 g/mol. The molecule has 0 radical (unpaired) electrons. The van der Waals surface area contributed by atoms with Crippen LogP contribution in [0.2, 0.25) is 0 Å². The fourth-order valence-corrected chi connectivity index (χ4v) is 3.24. The number of aliphatic hydroxyl groups is 1. The maximum atomic E-state index is 12.2. The van der Waals surface area contributed by atoms with Crippen molar-refractivity contribution in [1.82, 2.24) is 9.55 Å². The Bertz CT molecular complexity index is 749. The zero-order valence-corrected chi connectivity index (χ0v) is 15.4. The van der Waals surface area contributed by atoms with Crippen molar-refractivity contribution in [2.24, 2.45) is 0 Å². The van der Waals surface area contributed by atoms with E-state index >= 15 is 0 Å². The Morgan fingerprint density at radius 1 is 1.42 bits per heavy atom. The van der Waals surface area contributed by atoms with Gasteiger partial charge in [0, 0.05) is 23.4 Å². The van der Waals surface area contributed by atoms with E-state index in [1.54, 1.807) is 6.92 Å². The zero-order chi connectivity index (χ0) is 19.4. The Morgan fingerprint density at radius 2 is 2.12 bits per heavy atom. The molecule has 2 heterocycles. The third kappa shape index (κ3) is 4.63. The van der Waals surface area contributed by atoms with Crippen LogP contribution in [0.1, 0.15) is 18.7 Å². The number of aryl methyl sites for hydroxylation is 1. The van der Waals surface area contributed by atoms with Crippen molar-refractivity contribution in [1.29, 1.82) is 0 Å². The largest absolute Gasteiger partial charge is 0.695 e. The molecule has 0 aliphatic carbocycles. The van der Waals surface area contributed by atoms with Gasteiger partial charge in [0.25, 0.3) is 5.56 Å². The highest BCUT2D eigenvalue weighted by Crippen LogP contribution is 2.37. The summed E-state index contributed by atoms with van der Waals surface area (Å²) in [7, 11) is -1.53. The molecule has 3 N–H and O–H groups in total. The van der Waals surface area contributed by atoms with Crippen LogP contribution in [-0.4, -0.2) is 64.3 Å². The van der Waals surface area contributed by atoms with E-state index in [2.05, 4.69) is 4.98 Å². The number of hydrogen-bond acceptors (Lipinski definition) is 8. The Kier molecular flexibility index (Phi) is 7.18. The number of H-pyrrole nitrogens is 1. The minimum Gasteiger partial charge on any atom is -0.394 e. The average molecular weight is 393 g/mol. The molecule has 6 atom stereocenters. The number of ether oxygens (including phenoxy) is 3. The zero-order valence-electron chi connectivity index (χ0n) is 14.5. The number of hydrogen-bond donors (Lipinski definition) is 3. The number of aromatic amines is 1. The molecular formula is C14H22N2O9P+. The van der Waals surface area contributed by atoms with Crippen LogP contribution in [0.15, 0.2) is 15.8 Å². The van der Waals surface area contributed by atoms with Crippen LogP contribution in [0.3, 0.4) is 0 Å². The number of nitrogens with one attached hydrogen (secondary N) is 1. The summed E-state index contributed by atoms with van der Waals surface area (Å²) < 4.78 is 33.7. The molecule has 1 aromatic heterocycles. The summed E-state index contributed by atoms with van der Waals surface area (Å²) in [5, 5.41) is 9.53. The van der Waals surface area contributed by atoms with Crippen molar-refractivity contribution in [2.45, 2.75) is 44.5 Å². The Balaban J connectivity index is 2.44. The number of methoxy groups -OCH3 is 1. The molecule has 1 fully saturated rings. The van der Waals surface area contributed by atoms with Crippen LogP contribution < -0.4 is 11.2 Å². The van der Waals surface area contributed by atoms with Crippen LogP contribution >= 0.6 is 8.25 Å². The summed E-state index contributed by atoms with van der Waals surface area (Å²) in [6.07, 6.45) is -3.39. The molecule has 0 bridgehead atoms. The van der Waals surface area contributed by atoms with Gasteiger partial charge in [-0.05, 0) is 13.8 Å². The lowest BCUT2D eigenvalue weighted by Crippen LogP contribution is -2.42. The predicted molar refractivity (Wildman–Crippen MR) is 88.0 cm³/mol. The van der Waals surface area contributed by atoms with E-state index in [4.69, 9.17) is 23.6 Å². The fraction of sp³-hybridized carbons (Fsp3) is 0.714. The molecule has 26 heavy (non-hydrogen) atoms. The van der Waals surface area contributed by atoms with E-state index in [-0.39, 0.29) is 12.2 Å². The molecule has 2 rings (SSSR count). The van der Waals surface area contributed by atoms with Crippen LogP contribution in [0.5, 0.6) is 0 Å². The molecule has 1 aliphatic heterocycles. The van der Waals surface area contributed by atoms with Gasteiger partial charge in [0.15, 0.2) is 12.3 Å². The minimum atomic E-state index is -3.01. The van der Waals surface area contributed by atoms with Crippen LogP contribution in [0.4, 0.5) is 0 Å². The third-order valence-electron chi connectivity index (χ3n) is 3.89. The molecular weight excluding hydrogens is 371 g/mol. The Labute approximate surface area is 149 Å². The van der Waals surface area contributed by atoms with E-state index in [1.165, 1.54) is 20.2 Å². The van der Waals surface area contributed by atoms with Gasteiger partial charge in [-0.25, -0.2) is 4.79 Å². The van der Waals surface area contributed by atoms with Crippen LogP contribution in [0.25, 0.3) is 0 Å². The topological polar surface area (TPSA) is 149 Å². The number of rotatable bonds is 8. The quantitative estimate of drug-likeness (QED) is 0.482. The summed E-state index contributed by atoms with van der Waals surface area (Å²) >= 11 is 0. The first kappa shape index (κ1) is 20.8. The summed E-state index contributed by atoms with van der Waals surface area (Å²) in [5.41, 5.74) is -1.03. The van der Waals surface area contributed by atoms with Gasteiger partial charge in [-0.15, -0.1) is 9.42 Å². The lowest BCUT2D eigenvalue weighted by molar-refractivity contribution is -0.109. The second-order valence-electron chi connectivity index (χ2n) is 5.90. The van der Waals surface area contributed by atoms with Crippen molar-refractivity contribution < 1.29 is 33.3 Å². The van der Waals surface area contributed by atoms with E-state index in [0.717, 1.165) is 4.57 Å². The Morgan fingerprint density at radius 3 is 2.69 bits per heavy atom. The van der Waals surface area contributed by atoms with Gasteiger partial charge in [0.2, 0.25) is 0 Å². The number of aromatic nitrogens is 2. The second-order valence-corrected chi connectivity index (χ2v) is 6.59. The summed E-state index contributed by atoms with van der Waals surface area (Å²) in [5.74, 6) is 0. The molecule has 3 unspecified atom stereocenters. The van der Waals surface area contributed by atoms with Crippen molar-refractivity contribution in [3.63, 3.8) is 0 Å². The van der Waals surface area contributed by atoms with Gasteiger partial charge in [-0.2, -0.15) is 0 Å². The van der Waals surface area contributed by atoms with Gasteiger partial charge in [-0.1, -0.05) is 0 Å². The van der Waals surface area contributed by atoms with Gasteiger partial charge in [-0.3, -0.25) is 14.3 Å². The summed E-state index contributed by atoms with van der Waals surface area (Å²) in [4.78, 5) is 35.1. The van der Waals surface area contributed by atoms with Gasteiger partial charge in [0.05, 0.1) is 19.3 Å². The standard InChI is InChI=1S/C14H21N2O9P/c1-7-4-16(14(19)15-12(7)18)13-11(23-8(2)6-22-3)10(25-26(20)21)9(5-17)24-13/h4,8-11,13,17H,5-6H2,1-3H3,(H-,15,18,19,20,21)/p+1/t8-,9+,10?,11?,13+/m0/s1. The second kappa shape index (κ2) is 8.96. The van der Waals surface area contributed by atoms with Crippen LogP contribution in [-0.2, 0) is 23.3 Å². The predicted octanol–water partition coefficient (Wildman–Crippen LogP) is -0.810. The molecule has 1 aliphatic rings. The molecule has 0 amide bonds. The SMILES string of the molecule is COC[C@H](C)OC1C(O[P+](=O)O)[C@@H](CO)O[C@H]1n1cc(C)c(=O)[nH]c1=O. The van der Waals surface area contributed by atoms with Gasteiger partial charge in [0.1, 0.15) is 12.2 Å². The maximum absolute atomic E-state index is 12.2.